The highest BCUT2D eigenvalue weighted by molar-refractivity contribution is 6.30. The van der Waals surface area contributed by atoms with Crippen LogP contribution in [-0.4, -0.2) is 49.9 Å². The van der Waals surface area contributed by atoms with Crippen molar-refractivity contribution in [2.45, 2.75) is 26.8 Å². The third-order valence-corrected chi connectivity index (χ3v) is 4.68. The molecule has 0 saturated heterocycles. The molecule has 2 heterocycles. The third kappa shape index (κ3) is 4.48. The molecule has 1 aromatic carbocycles. The molecule has 1 unspecified atom stereocenters. The fraction of sp³-hybridized carbons (Fsp3) is 0.300. The molecule has 0 aliphatic carbocycles. The second kappa shape index (κ2) is 8.84. The summed E-state index contributed by atoms with van der Waals surface area (Å²) in [5.74, 6) is 0.661. The van der Waals surface area contributed by atoms with Gasteiger partial charge in [-0.25, -0.2) is 4.98 Å². The number of hydrogen-bond acceptors (Lipinski definition) is 5. The summed E-state index contributed by atoms with van der Waals surface area (Å²) in [5.41, 5.74) is 2.25. The summed E-state index contributed by atoms with van der Waals surface area (Å²) in [4.78, 5) is 20.9. The Kier molecular flexibility index (Phi) is 6.26. The first kappa shape index (κ1) is 19.8. The van der Waals surface area contributed by atoms with Crippen LogP contribution >= 0.6 is 11.6 Å². The summed E-state index contributed by atoms with van der Waals surface area (Å²) in [6.07, 6.45) is 4.78. The summed E-state index contributed by atoms with van der Waals surface area (Å²) in [5, 5.41) is 12.2. The molecular weight excluding hydrogens is 376 g/mol. The van der Waals surface area contributed by atoms with Gasteiger partial charge in [0.2, 0.25) is 0 Å². The lowest BCUT2D eigenvalue weighted by molar-refractivity contribution is 0.0712. The summed E-state index contributed by atoms with van der Waals surface area (Å²) in [7, 11) is 0. The first-order valence-corrected chi connectivity index (χ1v) is 9.51. The molecule has 0 bridgehead atoms. The summed E-state index contributed by atoms with van der Waals surface area (Å²) in [6.45, 7) is 7.08. The van der Waals surface area contributed by atoms with Crippen molar-refractivity contribution >= 4 is 23.3 Å². The fourth-order valence-corrected chi connectivity index (χ4v) is 3.10. The van der Waals surface area contributed by atoms with E-state index in [-0.39, 0.29) is 11.9 Å². The van der Waals surface area contributed by atoms with Crippen LogP contribution in [0, 0.1) is 6.92 Å². The van der Waals surface area contributed by atoms with Gasteiger partial charge in [-0.1, -0.05) is 23.2 Å². The Balaban J connectivity index is 1.79. The number of amides is 1. The van der Waals surface area contributed by atoms with Crippen LogP contribution in [0.3, 0.4) is 0 Å². The maximum absolute atomic E-state index is 13.3. The molecule has 2 aromatic heterocycles. The molecule has 0 radical (unpaired) electrons. The number of rotatable bonds is 7. The number of halogens is 1. The molecule has 3 rings (SSSR count). The van der Waals surface area contributed by atoms with E-state index in [1.54, 1.807) is 24.7 Å². The monoisotopic (exact) mass is 398 g/mol. The Morgan fingerprint density at radius 1 is 1.25 bits per heavy atom. The van der Waals surface area contributed by atoms with Crippen molar-refractivity contribution in [1.29, 1.82) is 0 Å². The van der Waals surface area contributed by atoms with Crippen LogP contribution in [0.5, 0.6) is 0 Å². The van der Waals surface area contributed by atoms with Gasteiger partial charge in [-0.2, -0.15) is 15.0 Å². The molecule has 1 amide bonds. The molecule has 1 N–H and O–H groups in total. The number of likely N-dealkylation sites (N-methyl/N-ethyl adjacent to an activating group) is 1. The van der Waals surface area contributed by atoms with Gasteiger partial charge in [-0.05, 0) is 45.0 Å². The Morgan fingerprint density at radius 2 is 2.00 bits per heavy atom. The van der Waals surface area contributed by atoms with Crippen molar-refractivity contribution < 1.29 is 4.79 Å². The van der Waals surface area contributed by atoms with Crippen LogP contribution in [0.4, 0.5) is 5.82 Å². The Morgan fingerprint density at radius 3 is 2.64 bits per heavy atom. The largest absolute Gasteiger partial charge is 0.368 e. The summed E-state index contributed by atoms with van der Waals surface area (Å²) < 4.78 is 0. The second-order valence-electron chi connectivity index (χ2n) is 6.52. The normalized spacial score (nSPS) is 11.9. The predicted octanol–water partition coefficient (Wildman–Crippen LogP) is 3.59. The average molecular weight is 399 g/mol. The molecule has 0 fully saturated rings. The van der Waals surface area contributed by atoms with Crippen LogP contribution in [0.1, 0.15) is 29.8 Å². The van der Waals surface area contributed by atoms with Crippen molar-refractivity contribution in [2.75, 3.05) is 18.4 Å². The highest BCUT2D eigenvalue weighted by atomic mass is 35.5. The zero-order valence-electron chi connectivity index (χ0n) is 16.1. The lowest BCUT2D eigenvalue weighted by Crippen LogP contribution is -2.42. The van der Waals surface area contributed by atoms with Crippen molar-refractivity contribution in [3.63, 3.8) is 0 Å². The van der Waals surface area contributed by atoms with Gasteiger partial charge in [0.15, 0.2) is 0 Å². The molecule has 0 aliphatic heterocycles. The van der Waals surface area contributed by atoms with E-state index in [4.69, 9.17) is 11.6 Å². The van der Waals surface area contributed by atoms with E-state index < -0.39 is 0 Å². The van der Waals surface area contributed by atoms with Gasteiger partial charge < -0.3 is 10.2 Å². The number of aryl methyl sites for hydroxylation is 1. The smallest absolute Gasteiger partial charge is 0.256 e. The minimum atomic E-state index is -0.0585. The van der Waals surface area contributed by atoms with Gasteiger partial charge in [0, 0.05) is 25.3 Å². The number of nitrogens with one attached hydrogen (secondary N) is 1. The molecule has 0 aliphatic rings. The van der Waals surface area contributed by atoms with Gasteiger partial charge >= 0.3 is 0 Å². The second-order valence-corrected chi connectivity index (χ2v) is 6.96. The lowest BCUT2D eigenvalue weighted by atomic mass is 10.1. The van der Waals surface area contributed by atoms with E-state index >= 15 is 0 Å². The number of pyridine rings is 1. The molecule has 28 heavy (non-hydrogen) atoms. The summed E-state index contributed by atoms with van der Waals surface area (Å²) >= 11 is 5.87. The quantitative estimate of drug-likeness (QED) is 0.658. The number of nitrogens with zero attached hydrogens (tertiary/aromatic N) is 5. The van der Waals surface area contributed by atoms with Gasteiger partial charge in [-0.15, -0.1) is 0 Å². The number of hydrogen-bond donors (Lipinski definition) is 1. The molecule has 8 heteroatoms. The van der Waals surface area contributed by atoms with Crippen LogP contribution in [-0.2, 0) is 0 Å². The van der Waals surface area contributed by atoms with Gasteiger partial charge in [0.25, 0.3) is 5.91 Å². The Hall–Kier alpha value is -2.93. The highest BCUT2D eigenvalue weighted by Gasteiger charge is 2.23. The molecule has 1 atom stereocenters. The molecule has 3 aromatic rings. The first-order chi connectivity index (χ1) is 13.5. The number of benzene rings is 1. The van der Waals surface area contributed by atoms with Crippen LogP contribution < -0.4 is 5.32 Å². The van der Waals surface area contributed by atoms with Crippen molar-refractivity contribution in [3.05, 3.63) is 65.1 Å². The van der Waals surface area contributed by atoms with Crippen LogP contribution in [0.25, 0.3) is 5.69 Å². The molecular formula is C20H23ClN6O. The number of carbonyl (C=O) groups is 1. The van der Waals surface area contributed by atoms with Crippen molar-refractivity contribution in [3.8, 4) is 5.69 Å². The Labute approximate surface area is 169 Å². The maximum atomic E-state index is 13.3. The molecule has 0 spiro atoms. The SMILES string of the molecule is CCN(C(=O)c1cc(C)ccc1-n1nccn1)C(C)CNc1ccc(Cl)cn1. The van der Waals surface area contributed by atoms with E-state index in [2.05, 4.69) is 20.5 Å². The van der Waals surface area contributed by atoms with Gasteiger partial charge in [0.05, 0.1) is 28.7 Å². The molecule has 0 saturated carbocycles. The van der Waals surface area contributed by atoms with E-state index in [0.717, 1.165) is 11.4 Å². The van der Waals surface area contributed by atoms with E-state index in [1.807, 2.05) is 49.9 Å². The molecule has 146 valence electrons. The molecule has 7 nitrogen and oxygen atoms in total. The van der Waals surface area contributed by atoms with Gasteiger partial charge in [-0.3, -0.25) is 4.79 Å². The number of aromatic nitrogens is 4. The van der Waals surface area contributed by atoms with Crippen LogP contribution in [0.2, 0.25) is 5.02 Å². The maximum Gasteiger partial charge on any atom is 0.256 e. The highest BCUT2D eigenvalue weighted by Crippen LogP contribution is 2.19. The third-order valence-electron chi connectivity index (χ3n) is 4.46. The van der Waals surface area contributed by atoms with Gasteiger partial charge in [0.1, 0.15) is 5.82 Å². The van der Waals surface area contributed by atoms with E-state index in [1.165, 1.54) is 4.80 Å². The lowest BCUT2D eigenvalue weighted by Gasteiger charge is -2.29. The number of carbonyl (C=O) groups excluding carboxylic acids is 1. The summed E-state index contributed by atoms with van der Waals surface area (Å²) in [6, 6.07) is 9.24. The van der Waals surface area contributed by atoms with Crippen molar-refractivity contribution in [2.24, 2.45) is 0 Å². The fourth-order valence-electron chi connectivity index (χ4n) is 2.99. The predicted molar refractivity (Wildman–Crippen MR) is 110 cm³/mol. The first-order valence-electron chi connectivity index (χ1n) is 9.13. The van der Waals surface area contributed by atoms with Crippen LogP contribution in [0.15, 0.2) is 48.9 Å². The average Bonchev–Trinajstić information content (AvgIpc) is 3.22. The van der Waals surface area contributed by atoms with E-state index in [9.17, 15) is 4.79 Å². The number of anilines is 1. The van der Waals surface area contributed by atoms with Crippen molar-refractivity contribution in [1.82, 2.24) is 24.9 Å². The zero-order chi connectivity index (χ0) is 20.1. The minimum Gasteiger partial charge on any atom is -0.368 e. The topological polar surface area (TPSA) is 75.9 Å². The zero-order valence-corrected chi connectivity index (χ0v) is 16.9. The van der Waals surface area contributed by atoms with E-state index in [0.29, 0.717) is 29.4 Å². The standard InChI is InChI=1S/C20H23ClN6O/c1-4-26(15(3)12-22-19-8-6-16(21)13-23-19)20(28)17-11-14(2)5-7-18(17)27-24-9-10-25-27/h5-11,13,15H,4,12H2,1-3H3,(H,22,23). The Bertz CT molecular complexity index is 926. The minimum absolute atomic E-state index is 0.0473.